The second-order valence-corrected chi connectivity index (χ2v) is 4.22. The minimum absolute atomic E-state index is 0.299. The Morgan fingerprint density at radius 3 is 2.38 bits per heavy atom. The van der Waals surface area contributed by atoms with E-state index >= 15 is 0 Å². The van der Waals surface area contributed by atoms with Crippen LogP contribution in [0.3, 0.4) is 0 Å². The van der Waals surface area contributed by atoms with Gasteiger partial charge in [-0.05, 0) is 44.0 Å². The molecule has 90 valence electrons. The van der Waals surface area contributed by atoms with Gasteiger partial charge in [0.15, 0.2) is 0 Å². The number of rotatable bonds is 6. The third-order valence-electron chi connectivity index (χ3n) is 2.87. The zero-order chi connectivity index (χ0) is 12.0. The molecule has 0 saturated heterocycles. The van der Waals surface area contributed by atoms with Crippen LogP contribution in [-0.2, 0) is 4.74 Å². The summed E-state index contributed by atoms with van der Waals surface area (Å²) in [5, 5.41) is 3.33. The summed E-state index contributed by atoms with van der Waals surface area (Å²) in [7, 11) is 1.99. The molecule has 1 N–H and O–H groups in total. The summed E-state index contributed by atoms with van der Waals surface area (Å²) >= 11 is 0. The molecule has 0 amide bonds. The van der Waals surface area contributed by atoms with Crippen LogP contribution in [0.1, 0.15) is 36.1 Å². The van der Waals surface area contributed by atoms with Gasteiger partial charge < -0.3 is 10.1 Å². The van der Waals surface area contributed by atoms with E-state index in [4.69, 9.17) is 4.74 Å². The monoisotopic (exact) mass is 221 g/mol. The molecule has 0 heterocycles. The molecule has 0 bridgehead atoms. The second-order valence-electron chi connectivity index (χ2n) is 4.22. The Bertz CT molecular complexity index is 302. The lowest BCUT2D eigenvalue weighted by Crippen LogP contribution is -2.23. The van der Waals surface area contributed by atoms with Crippen LogP contribution in [0.4, 0.5) is 0 Å². The SMILES string of the molecule is CCCOCC(NC)c1c(C)cccc1C. The van der Waals surface area contributed by atoms with Gasteiger partial charge in [0.2, 0.25) is 0 Å². The molecule has 1 aromatic carbocycles. The smallest absolute Gasteiger partial charge is 0.0661 e. The predicted molar refractivity (Wildman–Crippen MR) is 68.8 cm³/mol. The van der Waals surface area contributed by atoms with E-state index in [2.05, 4.69) is 44.3 Å². The molecule has 0 radical (unpaired) electrons. The maximum absolute atomic E-state index is 5.64. The summed E-state index contributed by atoms with van der Waals surface area (Å²) in [5.74, 6) is 0. The lowest BCUT2D eigenvalue weighted by atomic mass is 9.97. The molecule has 2 heteroatoms. The van der Waals surface area contributed by atoms with Crippen LogP contribution in [0.15, 0.2) is 18.2 Å². The molecule has 0 aromatic heterocycles. The standard InChI is InChI=1S/C14H23NO/c1-5-9-16-10-13(15-4)14-11(2)7-6-8-12(14)3/h6-8,13,15H,5,9-10H2,1-4H3. The first-order chi connectivity index (χ1) is 7.70. The van der Waals surface area contributed by atoms with Crippen LogP contribution in [0.25, 0.3) is 0 Å². The molecule has 2 nitrogen and oxygen atoms in total. The van der Waals surface area contributed by atoms with Gasteiger partial charge in [0.1, 0.15) is 0 Å². The van der Waals surface area contributed by atoms with Gasteiger partial charge >= 0.3 is 0 Å². The molecule has 0 fully saturated rings. The van der Waals surface area contributed by atoms with Gasteiger partial charge in [0.25, 0.3) is 0 Å². The normalized spacial score (nSPS) is 12.8. The fourth-order valence-corrected chi connectivity index (χ4v) is 2.03. The summed E-state index contributed by atoms with van der Waals surface area (Å²) in [4.78, 5) is 0. The largest absolute Gasteiger partial charge is 0.379 e. The van der Waals surface area contributed by atoms with Crippen molar-refractivity contribution < 1.29 is 4.74 Å². The third kappa shape index (κ3) is 3.32. The molecular formula is C14H23NO. The second kappa shape index (κ2) is 6.66. The van der Waals surface area contributed by atoms with Crippen molar-refractivity contribution in [3.8, 4) is 0 Å². The molecule has 1 unspecified atom stereocenters. The maximum Gasteiger partial charge on any atom is 0.0661 e. The lowest BCUT2D eigenvalue weighted by molar-refractivity contribution is 0.114. The van der Waals surface area contributed by atoms with Crippen molar-refractivity contribution in [2.45, 2.75) is 33.2 Å². The highest BCUT2D eigenvalue weighted by Crippen LogP contribution is 2.21. The Balaban J connectivity index is 2.78. The molecule has 0 aliphatic carbocycles. The number of hydrogen-bond acceptors (Lipinski definition) is 2. The molecule has 0 aliphatic rings. The number of likely N-dealkylation sites (N-methyl/N-ethyl adjacent to an activating group) is 1. The quantitative estimate of drug-likeness (QED) is 0.746. The van der Waals surface area contributed by atoms with Gasteiger partial charge in [0, 0.05) is 6.61 Å². The van der Waals surface area contributed by atoms with Gasteiger partial charge in [0.05, 0.1) is 12.6 Å². The maximum atomic E-state index is 5.64. The van der Waals surface area contributed by atoms with E-state index in [0.29, 0.717) is 6.04 Å². The van der Waals surface area contributed by atoms with Crippen LogP contribution in [0.2, 0.25) is 0 Å². The number of benzene rings is 1. The average Bonchev–Trinajstić information content (AvgIpc) is 2.26. The molecular weight excluding hydrogens is 198 g/mol. The Morgan fingerprint density at radius 1 is 1.25 bits per heavy atom. The van der Waals surface area contributed by atoms with Crippen LogP contribution in [-0.4, -0.2) is 20.3 Å². The third-order valence-corrected chi connectivity index (χ3v) is 2.87. The zero-order valence-electron chi connectivity index (χ0n) is 10.8. The fourth-order valence-electron chi connectivity index (χ4n) is 2.03. The highest BCUT2D eigenvalue weighted by atomic mass is 16.5. The number of aryl methyl sites for hydroxylation is 2. The molecule has 0 saturated carbocycles. The van der Waals surface area contributed by atoms with Crippen LogP contribution in [0.5, 0.6) is 0 Å². The van der Waals surface area contributed by atoms with E-state index in [0.717, 1.165) is 19.6 Å². The van der Waals surface area contributed by atoms with Crippen molar-refractivity contribution in [1.82, 2.24) is 5.32 Å². The van der Waals surface area contributed by atoms with Crippen LogP contribution in [0, 0.1) is 13.8 Å². The van der Waals surface area contributed by atoms with Crippen molar-refractivity contribution >= 4 is 0 Å². The minimum atomic E-state index is 0.299. The molecule has 1 aromatic rings. The van der Waals surface area contributed by atoms with E-state index in [-0.39, 0.29) is 0 Å². The molecule has 1 rings (SSSR count). The van der Waals surface area contributed by atoms with E-state index < -0.39 is 0 Å². The Morgan fingerprint density at radius 2 is 1.88 bits per heavy atom. The van der Waals surface area contributed by atoms with Gasteiger partial charge in [-0.25, -0.2) is 0 Å². The van der Waals surface area contributed by atoms with Crippen molar-refractivity contribution in [1.29, 1.82) is 0 Å². The van der Waals surface area contributed by atoms with Crippen LogP contribution >= 0.6 is 0 Å². The van der Waals surface area contributed by atoms with E-state index in [1.807, 2.05) is 7.05 Å². The average molecular weight is 221 g/mol. The van der Waals surface area contributed by atoms with Crippen molar-refractivity contribution in [3.05, 3.63) is 34.9 Å². The summed E-state index contributed by atoms with van der Waals surface area (Å²) in [5.41, 5.74) is 4.04. The number of hydrogen-bond donors (Lipinski definition) is 1. The topological polar surface area (TPSA) is 21.3 Å². The van der Waals surface area contributed by atoms with Gasteiger partial charge in [-0.1, -0.05) is 25.1 Å². The first-order valence-electron chi connectivity index (χ1n) is 6.01. The molecule has 0 spiro atoms. The van der Waals surface area contributed by atoms with Crippen molar-refractivity contribution in [3.63, 3.8) is 0 Å². The summed E-state index contributed by atoms with van der Waals surface area (Å²) in [6, 6.07) is 6.72. The molecule has 1 atom stereocenters. The predicted octanol–water partition coefficient (Wildman–Crippen LogP) is 2.99. The fraction of sp³-hybridized carbons (Fsp3) is 0.571. The highest BCUT2D eigenvalue weighted by molar-refractivity contribution is 5.36. The van der Waals surface area contributed by atoms with Gasteiger partial charge in [-0.15, -0.1) is 0 Å². The summed E-state index contributed by atoms with van der Waals surface area (Å²) in [6.45, 7) is 8.03. The Labute approximate surface area is 99.0 Å². The first kappa shape index (κ1) is 13.2. The van der Waals surface area contributed by atoms with Crippen molar-refractivity contribution in [2.24, 2.45) is 0 Å². The first-order valence-corrected chi connectivity index (χ1v) is 6.01. The summed E-state index contributed by atoms with van der Waals surface area (Å²) in [6.07, 6.45) is 1.07. The van der Waals surface area contributed by atoms with Gasteiger partial charge in [-0.3, -0.25) is 0 Å². The van der Waals surface area contributed by atoms with Crippen molar-refractivity contribution in [2.75, 3.05) is 20.3 Å². The number of nitrogens with one attached hydrogen (secondary N) is 1. The Kier molecular flexibility index (Phi) is 5.50. The molecule has 16 heavy (non-hydrogen) atoms. The van der Waals surface area contributed by atoms with Gasteiger partial charge in [-0.2, -0.15) is 0 Å². The summed E-state index contributed by atoms with van der Waals surface area (Å²) < 4.78 is 5.64. The van der Waals surface area contributed by atoms with Crippen LogP contribution < -0.4 is 5.32 Å². The highest BCUT2D eigenvalue weighted by Gasteiger charge is 2.13. The number of ether oxygens (including phenoxy) is 1. The lowest BCUT2D eigenvalue weighted by Gasteiger charge is -2.21. The van der Waals surface area contributed by atoms with E-state index in [1.165, 1.54) is 16.7 Å². The van der Waals surface area contributed by atoms with E-state index in [9.17, 15) is 0 Å². The van der Waals surface area contributed by atoms with E-state index in [1.54, 1.807) is 0 Å². The minimum Gasteiger partial charge on any atom is -0.379 e. The molecule has 0 aliphatic heterocycles. The Hall–Kier alpha value is -0.860. The zero-order valence-corrected chi connectivity index (χ0v) is 10.8.